The fourth-order valence-electron chi connectivity index (χ4n) is 2.15. The second-order valence-corrected chi connectivity index (χ2v) is 4.93. The van der Waals surface area contributed by atoms with E-state index in [0.717, 1.165) is 6.42 Å². The number of hydrogen-bond acceptors (Lipinski definition) is 4. The lowest BCUT2D eigenvalue weighted by Gasteiger charge is -2.32. The minimum atomic E-state index is -0.590. The van der Waals surface area contributed by atoms with Crippen molar-refractivity contribution in [3.8, 4) is 0 Å². The van der Waals surface area contributed by atoms with Crippen LogP contribution in [0, 0.1) is 10.1 Å². The zero-order valence-corrected chi connectivity index (χ0v) is 11.8. The molecule has 0 spiro atoms. The van der Waals surface area contributed by atoms with Crippen LogP contribution in [-0.4, -0.2) is 41.5 Å². The molecule has 0 saturated carbocycles. The lowest BCUT2D eigenvalue weighted by molar-refractivity contribution is -0.384. The van der Waals surface area contributed by atoms with Gasteiger partial charge in [-0.15, -0.1) is 0 Å². The maximum absolute atomic E-state index is 12.4. The number of benzene rings is 1. The third kappa shape index (κ3) is 2.91. The van der Waals surface area contributed by atoms with Crippen LogP contribution in [0.3, 0.4) is 0 Å². The number of rotatable bonds is 3. The van der Waals surface area contributed by atoms with E-state index in [1.807, 2.05) is 6.92 Å². The molecular formula is C13H15ClN2O4. The SMILES string of the molecule is CCC1CN(C(=O)c2cccc([N+](=O)[O-])c2Cl)CCO1. The van der Waals surface area contributed by atoms with Gasteiger partial charge in [-0.3, -0.25) is 14.9 Å². The number of ether oxygens (including phenoxy) is 1. The summed E-state index contributed by atoms with van der Waals surface area (Å²) in [7, 11) is 0. The monoisotopic (exact) mass is 298 g/mol. The van der Waals surface area contributed by atoms with E-state index >= 15 is 0 Å². The largest absolute Gasteiger partial charge is 0.375 e. The average Bonchev–Trinajstić information content (AvgIpc) is 2.46. The first-order valence-electron chi connectivity index (χ1n) is 6.38. The third-order valence-corrected chi connectivity index (χ3v) is 3.68. The van der Waals surface area contributed by atoms with Crippen molar-refractivity contribution in [2.45, 2.75) is 19.4 Å². The fraction of sp³-hybridized carbons (Fsp3) is 0.462. The Kier molecular flexibility index (Phi) is 4.57. The van der Waals surface area contributed by atoms with Crippen LogP contribution in [0.15, 0.2) is 18.2 Å². The van der Waals surface area contributed by atoms with Crippen LogP contribution < -0.4 is 0 Å². The number of carbonyl (C=O) groups is 1. The van der Waals surface area contributed by atoms with E-state index in [1.54, 1.807) is 4.90 Å². The van der Waals surface area contributed by atoms with Crippen LogP contribution in [0.4, 0.5) is 5.69 Å². The predicted octanol–water partition coefficient (Wildman–Crippen LogP) is 2.50. The summed E-state index contributed by atoms with van der Waals surface area (Å²) in [5.74, 6) is -0.291. The van der Waals surface area contributed by atoms with Gasteiger partial charge in [-0.05, 0) is 12.5 Å². The molecular weight excluding hydrogens is 284 g/mol. The van der Waals surface area contributed by atoms with Crippen molar-refractivity contribution in [2.75, 3.05) is 19.7 Å². The van der Waals surface area contributed by atoms with Crippen molar-refractivity contribution < 1.29 is 14.5 Å². The molecule has 0 aromatic heterocycles. The van der Waals surface area contributed by atoms with Crippen molar-refractivity contribution in [1.29, 1.82) is 0 Å². The van der Waals surface area contributed by atoms with E-state index in [-0.39, 0.29) is 28.3 Å². The van der Waals surface area contributed by atoms with Crippen molar-refractivity contribution >= 4 is 23.2 Å². The van der Waals surface area contributed by atoms with Crippen LogP contribution in [-0.2, 0) is 4.74 Å². The molecule has 6 nitrogen and oxygen atoms in total. The third-order valence-electron chi connectivity index (χ3n) is 3.29. The first kappa shape index (κ1) is 14.7. The van der Waals surface area contributed by atoms with Gasteiger partial charge in [0, 0.05) is 19.2 Å². The van der Waals surface area contributed by atoms with Crippen molar-refractivity contribution in [3.63, 3.8) is 0 Å². The van der Waals surface area contributed by atoms with Gasteiger partial charge in [-0.1, -0.05) is 24.6 Å². The summed E-state index contributed by atoms with van der Waals surface area (Å²) in [6, 6.07) is 4.26. The predicted molar refractivity (Wildman–Crippen MR) is 74.0 cm³/mol. The van der Waals surface area contributed by atoms with Gasteiger partial charge >= 0.3 is 0 Å². The molecule has 0 aliphatic carbocycles. The van der Waals surface area contributed by atoms with Gasteiger partial charge in [-0.2, -0.15) is 0 Å². The number of carbonyl (C=O) groups excluding carboxylic acids is 1. The smallest absolute Gasteiger partial charge is 0.288 e. The van der Waals surface area contributed by atoms with Crippen LogP contribution in [0.1, 0.15) is 23.7 Å². The van der Waals surface area contributed by atoms with Gasteiger partial charge in [0.25, 0.3) is 11.6 Å². The standard InChI is InChI=1S/C13H15ClN2O4/c1-2-9-8-15(6-7-20-9)13(17)10-4-3-5-11(12(10)14)16(18)19/h3-5,9H,2,6-8H2,1H3. The molecule has 1 amide bonds. The Morgan fingerprint density at radius 2 is 2.35 bits per heavy atom. The molecule has 1 heterocycles. The first-order valence-corrected chi connectivity index (χ1v) is 6.76. The second-order valence-electron chi connectivity index (χ2n) is 4.55. The van der Waals surface area contributed by atoms with Crippen LogP contribution in [0.5, 0.6) is 0 Å². The quantitative estimate of drug-likeness (QED) is 0.635. The molecule has 1 aliphatic rings. The molecule has 1 aromatic rings. The van der Waals surface area contributed by atoms with E-state index in [0.29, 0.717) is 19.7 Å². The summed E-state index contributed by atoms with van der Waals surface area (Å²) in [4.78, 5) is 24.3. The molecule has 1 atom stereocenters. The molecule has 1 aromatic carbocycles. The van der Waals surface area contributed by atoms with Gasteiger partial charge in [0.15, 0.2) is 0 Å². The van der Waals surface area contributed by atoms with Crippen molar-refractivity contribution in [3.05, 3.63) is 38.9 Å². The Morgan fingerprint density at radius 3 is 3.00 bits per heavy atom. The Hall–Kier alpha value is -1.66. The Morgan fingerprint density at radius 1 is 1.60 bits per heavy atom. The van der Waals surface area contributed by atoms with Crippen LogP contribution in [0.25, 0.3) is 0 Å². The Bertz CT molecular complexity index is 535. The molecule has 1 aliphatic heterocycles. The van der Waals surface area contributed by atoms with Crippen molar-refractivity contribution in [1.82, 2.24) is 4.90 Å². The number of hydrogen-bond donors (Lipinski definition) is 0. The van der Waals surface area contributed by atoms with E-state index < -0.39 is 4.92 Å². The molecule has 0 bridgehead atoms. The minimum Gasteiger partial charge on any atom is -0.375 e. The second kappa shape index (κ2) is 6.19. The molecule has 0 radical (unpaired) electrons. The first-order chi connectivity index (χ1) is 9.54. The number of nitrogens with zero attached hydrogens (tertiary/aromatic N) is 2. The number of nitro benzene ring substituents is 1. The van der Waals surface area contributed by atoms with E-state index in [9.17, 15) is 14.9 Å². The Labute approximate surface area is 121 Å². The van der Waals surface area contributed by atoms with Gasteiger partial charge in [0.05, 0.1) is 23.2 Å². The number of morpholine rings is 1. The molecule has 7 heteroatoms. The molecule has 0 N–H and O–H groups in total. The molecule has 1 saturated heterocycles. The zero-order chi connectivity index (χ0) is 14.7. The number of nitro groups is 1. The number of amides is 1. The van der Waals surface area contributed by atoms with Gasteiger partial charge < -0.3 is 9.64 Å². The summed E-state index contributed by atoms with van der Waals surface area (Å²) in [6.07, 6.45) is 0.817. The topological polar surface area (TPSA) is 72.7 Å². The maximum Gasteiger partial charge on any atom is 0.288 e. The van der Waals surface area contributed by atoms with Crippen LogP contribution in [0.2, 0.25) is 5.02 Å². The fourth-order valence-corrected chi connectivity index (χ4v) is 2.42. The lowest BCUT2D eigenvalue weighted by Crippen LogP contribution is -2.45. The zero-order valence-electron chi connectivity index (χ0n) is 11.0. The molecule has 108 valence electrons. The average molecular weight is 299 g/mol. The summed E-state index contributed by atoms with van der Waals surface area (Å²) >= 11 is 5.97. The van der Waals surface area contributed by atoms with Gasteiger partial charge in [0.1, 0.15) is 5.02 Å². The van der Waals surface area contributed by atoms with Crippen LogP contribution >= 0.6 is 11.6 Å². The highest BCUT2D eigenvalue weighted by molar-refractivity contribution is 6.35. The molecule has 1 fully saturated rings. The lowest BCUT2D eigenvalue weighted by atomic mass is 10.1. The summed E-state index contributed by atoms with van der Waals surface area (Å²) < 4.78 is 5.50. The Balaban J connectivity index is 2.25. The van der Waals surface area contributed by atoms with E-state index in [2.05, 4.69) is 0 Å². The molecule has 1 unspecified atom stereocenters. The summed E-state index contributed by atoms with van der Waals surface area (Å²) in [5.41, 5.74) is -0.0876. The highest BCUT2D eigenvalue weighted by atomic mass is 35.5. The normalized spacial score (nSPS) is 18.9. The van der Waals surface area contributed by atoms with E-state index in [1.165, 1.54) is 18.2 Å². The summed E-state index contributed by atoms with van der Waals surface area (Å²) in [5, 5.41) is 10.7. The van der Waals surface area contributed by atoms with Gasteiger partial charge in [0.2, 0.25) is 0 Å². The van der Waals surface area contributed by atoms with Gasteiger partial charge in [-0.25, -0.2) is 0 Å². The van der Waals surface area contributed by atoms with E-state index in [4.69, 9.17) is 16.3 Å². The number of halogens is 1. The molecule has 20 heavy (non-hydrogen) atoms. The highest BCUT2D eigenvalue weighted by Crippen LogP contribution is 2.29. The molecule has 2 rings (SSSR count). The minimum absolute atomic E-state index is 0.00479. The van der Waals surface area contributed by atoms with Crippen molar-refractivity contribution in [2.24, 2.45) is 0 Å². The maximum atomic E-state index is 12.4. The summed E-state index contributed by atoms with van der Waals surface area (Å²) in [6.45, 7) is 3.40. The highest BCUT2D eigenvalue weighted by Gasteiger charge is 2.27.